The molecule has 2 aliphatic rings. The number of hydrogen-bond donors (Lipinski definition) is 1. The van der Waals surface area contributed by atoms with Crippen LogP contribution in [0, 0.1) is 11.8 Å². The van der Waals surface area contributed by atoms with Crippen LogP contribution in [0.2, 0.25) is 0 Å². The number of piperidine rings is 1. The Bertz CT molecular complexity index is 284. The first-order valence-corrected chi connectivity index (χ1v) is 6.53. The third-order valence-electron chi connectivity index (χ3n) is 4.26. The van der Waals surface area contributed by atoms with Crippen LogP contribution in [0.25, 0.3) is 0 Å². The van der Waals surface area contributed by atoms with E-state index in [4.69, 9.17) is 5.73 Å². The fourth-order valence-corrected chi connectivity index (χ4v) is 2.74. The topological polar surface area (TPSA) is 46.3 Å². The second kappa shape index (κ2) is 4.02. The molecule has 2 N–H and O–H groups in total. The van der Waals surface area contributed by atoms with E-state index in [1.54, 1.807) is 0 Å². The quantitative estimate of drug-likeness (QED) is 0.777. The average molecular weight is 224 g/mol. The third-order valence-corrected chi connectivity index (χ3v) is 4.26. The fraction of sp³-hybridized carbons (Fsp3) is 0.923. The number of amides is 1. The molecule has 0 spiro atoms. The van der Waals surface area contributed by atoms with Gasteiger partial charge in [-0.3, -0.25) is 4.79 Å². The minimum absolute atomic E-state index is 0.175. The van der Waals surface area contributed by atoms with Crippen LogP contribution in [0.1, 0.15) is 46.5 Å². The summed E-state index contributed by atoms with van der Waals surface area (Å²) in [4.78, 5) is 14.5. The third kappa shape index (κ3) is 2.10. The van der Waals surface area contributed by atoms with Crippen LogP contribution in [0.3, 0.4) is 0 Å². The van der Waals surface area contributed by atoms with Gasteiger partial charge < -0.3 is 10.6 Å². The molecule has 1 amide bonds. The van der Waals surface area contributed by atoms with E-state index >= 15 is 0 Å². The summed E-state index contributed by atoms with van der Waals surface area (Å²) in [6.45, 7) is 7.17. The molecule has 1 saturated carbocycles. The van der Waals surface area contributed by atoms with Crippen molar-refractivity contribution in [2.45, 2.75) is 58.0 Å². The van der Waals surface area contributed by atoms with Crippen molar-refractivity contribution < 1.29 is 4.79 Å². The molecule has 0 bridgehead atoms. The predicted octanol–water partition coefficient (Wildman–Crippen LogP) is 1.76. The molecule has 3 unspecified atom stereocenters. The summed E-state index contributed by atoms with van der Waals surface area (Å²) in [7, 11) is 0. The number of rotatable bonds is 2. The summed E-state index contributed by atoms with van der Waals surface area (Å²) in [5.41, 5.74) is 5.59. The van der Waals surface area contributed by atoms with Gasteiger partial charge in [0.25, 0.3) is 0 Å². The van der Waals surface area contributed by atoms with Crippen LogP contribution < -0.4 is 5.73 Å². The molecule has 92 valence electrons. The maximum atomic E-state index is 12.5. The second-order valence-corrected chi connectivity index (χ2v) is 6.05. The lowest BCUT2D eigenvalue weighted by Crippen LogP contribution is -2.58. The smallest absolute Gasteiger partial charge is 0.242 e. The van der Waals surface area contributed by atoms with E-state index in [9.17, 15) is 4.79 Å². The lowest BCUT2D eigenvalue weighted by atomic mass is 9.89. The van der Waals surface area contributed by atoms with Gasteiger partial charge in [-0.05, 0) is 51.4 Å². The van der Waals surface area contributed by atoms with E-state index in [0.29, 0.717) is 17.9 Å². The Hall–Kier alpha value is -0.570. The molecule has 0 radical (unpaired) electrons. The fourth-order valence-electron chi connectivity index (χ4n) is 2.74. The highest BCUT2D eigenvalue weighted by Crippen LogP contribution is 2.39. The van der Waals surface area contributed by atoms with Crippen LogP contribution in [-0.2, 0) is 4.79 Å². The van der Waals surface area contributed by atoms with Crippen molar-refractivity contribution in [3.63, 3.8) is 0 Å². The maximum Gasteiger partial charge on any atom is 0.242 e. The predicted molar refractivity (Wildman–Crippen MR) is 64.9 cm³/mol. The highest BCUT2D eigenvalue weighted by Gasteiger charge is 2.47. The van der Waals surface area contributed by atoms with Crippen molar-refractivity contribution in [1.82, 2.24) is 4.90 Å². The van der Waals surface area contributed by atoms with Crippen LogP contribution in [0.5, 0.6) is 0 Å². The molecule has 3 nitrogen and oxygen atoms in total. The molecule has 1 aliphatic carbocycles. The molecule has 0 aromatic heterocycles. The Labute approximate surface area is 98.4 Å². The Kier molecular flexibility index (Phi) is 2.99. The molecule has 0 aromatic rings. The minimum Gasteiger partial charge on any atom is -0.338 e. The summed E-state index contributed by atoms with van der Waals surface area (Å²) >= 11 is 0. The van der Waals surface area contributed by atoms with Crippen molar-refractivity contribution >= 4 is 5.91 Å². The van der Waals surface area contributed by atoms with Gasteiger partial charge in [0.15, 0.2) is 0 Å². The first kappa shape index (κ1) is 11.9. The van der Waals surface area contributed by atoms with Crippen LogP contribution in [-0.4, -0.2) is 28.9 Å². The zero-order valence-electron chi connectivity index (χ0n) is 10.7. The molecule has 2 rings (SSSR count). The van der Waals surface area contributed by atoms with E-state index in [-0.39, 0.29) is 5.91 Å². The van der Waals surface area contributed by atoms with E-state index in [2.05, 4.69) is 13.8 Å². The Morgan fingerprint density at radius 1 is 1.25 bits per heavy atom. The zero-order valence-corrected chi connectivity index (χ0v) is 10.7. The van der Waals surface area contributed by atoms with Gasteiger partial charge in [0.2, 0.25) is 5.91 Å². The minimum atomic E-state index is -0.620. The standard InChI is InChI=1S/C13H24N2O/c1-9-4-5-10(2)15(8-9)12(16)13(3,14)11-6-7-11/h9-11H,4-8,14H2,1-3H3. The number of hydrogen-bond acceptors (Lipinski definition) is 2. The Balaban J connectivity index is 2.07. The first-order valence-electron chi connectivity index (χ1n) is 6.53. The number of carbonyl (C=O) groups excluding carboxylic acids is 1. The molecular weight excluding hydrogens is 200 g/mol. The molecule has 3 heteroatoms. The highest BCUT2D eigenvalue weighted by atomic mass is 16.2. The van der Waals surface area contributed by atoms with Crippen molar-refractivity contribution in [2.24, 2.45) is 17.6 Å². The Morgan fingerprint density at radius 2 is 1.88 bits per heavy atom. The summed E-state index contributed by atoms with van der Waals surface area (Å²) in [5.74, 6) is 1.22. The molecule has 16 heavy (non-hydrogen) atoms. The van der Waals surface area contributed by atoms with Gasteiger partial charge in [-0.25, -0.2) is 0 Å². The molecule has 1 aliphatic heterocycles. The SMILES string of the molecule is CC1CCC(C)N(C(=O)C(C)(N)C2CC2)C1. The van der Waals surface area contributed by atoms with E-state index in [0.717, 1.165) is 25.8 Å². The highest BCUT2D eigenvalue weighted by molar-refractivity contribution is 5.86. The molecular formula is C13H24N2O. The van der Waals surface area contributed by atoms with E-state index in [1.807, 2.05) is 11.8 Å². The second-order valence-electron chi connectivity index (χ2n) is 6.05. The van der Waals surface area contributed by atoms with Crippen LogP contribution in [0.15, 0.2) is 0 Å². The summed E-state index contributed by atoms with van der Waals surface area (Å²) < 4.78 is 0. The summed E-state index contributed by atoms with van der Waals surface area (Å²) in [6.07, 6.45) is 4.59. The van der Waals surface area contributed by atoms with Gasteiger partial charge in [0, 0.05) is 12.6 Å². The lowest BCUT2D eigenvalue weighted by molar-refractivity contribution is -0.141. The van der Waals surface area contributed by atoms with Crippen molar-refractivity contribution in [1.29, 1.82) is 0 Å². The van der Waals surface area contributed by atoms with Crippen molar-refractivity contribution in [3.05, 3.63) is 0 Å². The van der Waals surface area contributed by atoms with Gasteiger partial charge >= 0.3 is 0 Å². The largest absolute Gasteiger partial charge is 0.338 e. The van der Waals surface area contributed by atoms with Crippen molar-refractivity contribution in [3.8, 4) is 0 Å². The normalized spacial score (nSPS) is 34.6. The molecule has 3 atom stereocenters. The van der Waals surface area contributed by atoms with Gasteiger partial charge in [0.05, 0.1) is 5.54 Å². The number of likely N-dealkylation sites (tertiary alicyclic amines) is 1. The van der Waals surface area contributed by atoms with Crippen LogP contribution in [0.4, 0.5) is 0 Å². The lowest BCUT2D eigenvalue weighted by Gasteiger charge is -2.41. The zero-order chi connectivity index (χ0) is 11.9. The molecule has 2 fully saturated rings. The van der Waals surface area contributed by atoms with Gasteiger partial charge in [-0.1, -0.05) is 6.92 Å². The number of nitrogens with zero attached hydrogens (tertiary/aromatic N) is 1. The monoisotopic (exact) mass is 224 g/mol. The van der Waals surface area contributed by atoms with E-state index in [1.165, 1.54) is 6.42 Å². The van der Waals surface area contributed by atoms with Gasteiger partial charge in [-0.2, -0.15) is 0 Å². The maximum absolute atomic E-state index is 12.5. The first-order chi connectivity index (χ1) is 7.43. The number of carbonyl (C=O) groups is 1. The van der Waals surface area contributed by atoms with Gasteiger partial charge in [-0.15, -0.1) is 0 Å². The summed E-state index contributed by atoms with van der Waals surface area (Å²) in [6, 6.07) is 0.366. The summed E-state index contributed by atoms with van der Waals surface area (Å²) in [5, 5.41) is 0. The van der Waals surface area contributed by atoms with Gasteiger partial charge in [0.1, 0.15) is 0 Å². The average Bonchev–Trinajstić information content (AvgIpc) is 3.04. The van der Waals surface area contributed by atoms with Crippen molar-refractivity contribution in [2.75, 3.05) is 6.54 Å². The Morgan fingerprint density at radius 3 is 2.44 bits per heavy atom. The van der Waals surface area contributed by atoms with Crippen LogP contribution >= 0.6 is 0 Å². The molecule has 1 heterocycles. The molecule has 1 saturated heterocycles. The number of nitrogens with two attached hydrogens (primary N) is 1. The molecule has 0 aromatic carbocycles. The van der Waals surface area contributed by atoms with E-state index < -0.39 is 5.54 Å².